The van der Waals surface area contributed by atoms with E-state index >= 15 is 0 Å². The van der Waals surface area contributed by atoms with Crippen molar-refractivity contribution in [3.63, 3.8) is 0 Å². The summed E-state index contributed by atoms with van der Waals surface area (Å²) in [7, 11) is 5.52. The van der Waals surface area contributed by atoms with E-state index in [9.17, 15) is 14.0 Å². The van der Waals surface area contributed by atoms with E-state index in [0.29, 0.717) is 16.4 Å². The number of anilines is 1. The molecule has 1 unspecified atom stereocenters. The van der Waals surface area contributed by atoms with Gasteiger partial charge in [-0.2, -0.15) is 0 Å². The topological polar surface area (TPSA) is 70.7 Å². The summed E-state index contributed by atoms with van der Waals surface area (Å²) < 4.78 is 18.7. The van der Waals surface area contributed by atoms with Crippen LogP contribution in [-0.4, -0.2) is 44.5 Å². The van der Waals surface area contributed by atoms with E-state index in [2.05, 4.69) is 10.6 Å². The zero-order valence-corrected chi connectivity index (χ0v) is 19.3. The van der Waals surface area contributed by atoms with E-state index in [0.717, 1.165) is 16.9 Å². The van der Waals surface area contributed by atoms with Gasteiger partial charge in [-0.3, -0.25) is 9.59 Å². The Morgan fingerprint density at radius 3 is 2.53 bits per heavy atom. The molecule has 32 heavy (non-hydrogen) atoms. The molecule has 1 atom stereocenters. The Morgan fingerprint density at radius 2 is 1.84 bits per heavy atom. The van der Waals surface area contributed by atoms with Crippen molar-refractivity contribution in [2.75, 3.05) is 33.1 Å². The third kappa shape index (κ3) is 5.72. The van der Waals surface area contributed by atoms with Crippen molar-refractivity contribution in [2.45, 2.75) is 13.0 Å². The summed E-state index contributed by atoms with van der Waals surface area (Å²) in [5.74, 6) is -0.364. The van der Waals surface area contributed by atoms with Crippen LogP contribution < -0.4 is 15.4 Å². The molecule has 0 bridgehead atoms. The van der Waals surface area contributed by atoms with Crippen LogP contribution in [0.1, 0.15) is 37.2 Å². The molecule has 1 heterocycles. The summed E-state index contributed by atoms with van der Waals surface area (Å²) in [4.78, 5) is 27.8. The zero-order valence-electron chi connectivity index (χ0n) is 18.4. The van der Waals surface area contributed by atoms with E-state index in [-0.39, 0.29) is 17.5 Å². The molecule has 0 aliphatic heterocycles. The number of nitrogens with one attached hydrogen (secondary N) is 2. The quantitative estimate of drug-likeness (QED) is 0.525. The van der Waals surface area contributed by atoms with E-state index < -0.39 is 11.7 Å². The van der Waals surface area contributed by atoms with Crippen molar-refractivity contribution < 1.29 is 18.7 Å². The number of aryl methyl sites for hydroxylation is 1. The first kappa shape index (κ1) is 23.4. The largest absolute Gasteiger partial charge is 0.497 e. The first-order valence-corrected chi connectivity index (χ1v) is 10.9. The molecule has 2 amide bonds. The van der Waals surface area contributed by atoms with Crippen LogP contribution in [0.15, 0.2) is 54.6 Å². The lowest BCUT2D eigenvalue weighted by atomic mass is 10.1. The van der Waals surface area contributed by atoms with Crippen LogP contribution in [-0.2, 0) is 0 Å². The molecule has 3 aromatic rings. The van der Waals surface area contributed by atoms with Gasteiger partial charge in [0.2, 0.25) is 0 Å². The number of carbonyl (C=O) groups is 2. The van der Waals surface area contributed by atoms with Gasteiger partial charge in [0, 0.05) is 12.1 Å². The smallest absolute Gasteiger partial charge is 0.261 e. The number of halogens is 1. The predicted molar refractivity (Wildman–Crippen MR) is 125 cm³/mol. The fourth-order valence-corrected chi connectivity index (χ4v) is 4.28. The highest BCUT2D eigenvalue weighted by molar-refractivity contribution is 7.18. The lowest BCUT2D eigenvalue weighted by molar-refractivity contribution is 0.0944. The van der Waals surface area contributed by atoms with Gasteiger partial charge in [-0.1, -0.05) is 18.2 Å². The van der Waals surface area contributed by atoms with Crippen molar-refractivity contribution in [1.82, 2.24) is 10.2 Å². The van der Waals surface area contributed by atoms with Gasteiger partial charge in [-0.25, -0.2) is 4.39 Å². The molecule has 2 aromatic carbocycles. The van der Waals surface area contributed by atoms with Crippen molar-refractivity contribution in [2.24, 2.45) is 0 Å². The molecule has 0 aliphatic carbocycles. The molecule has 8 heteroatoms. The van der Waals surface area contributed by atoms with Crippen LogP contribution in [0.3, 0.4) is 0 Å². The summed E-state index contributed by atoms with van der Waals surface area (Å²) in [6, 6.07) is 14.9. The summed E-state index contributed by atoms with van der Waals surface area (Å²) in [5.41, 5.74) is 2.00. The highest BCUT2D eigenvalue weighted by Gasteiger charge is 2.19. The lowest BCUT2D eigenvalue weighted by Crippen LogP contribution is -2.34. The normalized spacial score (nSPS) is 11.8. The molecule has 0 radical (unpaired) electrons. The third-order valence-corrected chi connectivity index (χ3v) is 6.16. The zero-order chi connectivity index (χ0) is 23.3. The van der Waals surface area contributed by atoms with Crippen LogP contribution >= 0.6 is 11.3 Å². The minimum Gasteiger partial charge on any atom is -0.497 e. The number of carbonyl (C=O) groups excluding carboxylic acids is 2. The number of hydrogen-bond acceptors (Lipinski definition) is 5. The average Bonchev–Trinajstić information content (AvgIpc) is 3.13. The Balaban J connectivity index is 1.68. The number of ether oxygens (including phenoxy) is 1. The molecule has 2 N–H and O–H groups in total. The van der Waals surface area contributed by atoms with Crippen LogP contribution in [0.2, 0.25) is 0 Å². The van der Waals surface area contributed by atoms with Gasteiger partial charge in [-0.15, -0.1) is 11.3 Å². The van der Waals surface area contributed by atoms with Crippen molar-refractivity contribution in [1.29, 1.82) is 0 Å². The van der Waals surface area contributed by atoms with Gasteiger partial charge in [0.05, 0.1) is 23.0 Å². The number of rotatable bonds is 8. The predicted octanol–water partition coefficient (Wildman–Crippen LogP) is 4.49. The summed E-state index contributed by atoms with van der Waals surface area (Å²) >= 11 is 1.19. The number of methoxy groups -OCH3 is 1. The minimum absolute atomic E-state index is 0.0403. The Hall–Kier alpha value is -3.23. The maximum atomic E-state index is 13.4. The lowest BCUT2D eigenvalue weighted by Gasteiger charge is -2.25. The Kier molecular flexibility index (Phi) is 7.61. The monoisotopic (exact) mass is 455 g/mol. The van der Waals surface area contributed by atoms with E-state index in [1.165, 1.54) is 35.6 Å². The van der Waals surface area contributed by atoms with Crippen LogP contribution in [0, 0.1) is 12.7 Å². The van der Waals surface area contributed by atoms with Gasteiger partial charge in [0.25, 0.3) is 11.8 Å². The van der Waals surface area contributed by atoms with Crippen molar-refractivity contribution >= 4 is 28.2 Å². The first-order valence-electron chi connectivity index (χ1n) is 10.0. The van der Waals surface area contributed by atoms with E-state index in [4.69, 9.17) is 4.74 Å². The molecule has 0 saturated heterocycles. The summed E-state index contributed by atoms with van der Waals surface area (Å²) in [6.07, 6.45) is 0. The van der Waals surface area contributed by atoms with Gasteiger partial charge < -0.3 is 20.3 Å². The second-order valence-electron chi connectivity index (χ2n) is 7.55. The molecule has 0 fully saturated rings. The first-order chi connectivity index (χ1) is 15.3. The summed E-state index contributed by atoms with van der Waals surface area (Å²) in [5, 5.41) is 6.25. The Bertz CT molecular complexity index is 1110. The van der Waals surface area contributed by atoms with Gasteiger partial charge in [0.1, 0.15) is 11.6 Å². The number of likely N-dealkylation sites (N-methyl/N-ethyl adjacent to an activating group) is 1. The Labute approximate surface area is 191 Å². The molecule has 6 nitrogen and oxygen atoms in total. The number of nitrogens with zero attached hydrogens (tertiary/aromatic N) is 1. The average molecular weight is 456 g/mol. The molecule has 3 rings (SSSR count). The second-order valence-corrected chi connectivity index (χ2v) is 8.61. The maximum absolute atomic E-state index is 13.4. The molecule has 1 aromatic heterocycles. The molecule has 0 saturated carbocycles. The van der Waals surface area contributed by atoms with Crippen molar-refractivity contribution in [3.8, 4) is 5.75 Å². The fourth-order valence-electron chi connectivity index (χ4n) is 3.30. The van der Waals surface area contributed by atoms with Crippen LogP contribution in [0.25, 0.3) is 0 Å². The highest BCUT2D eigenvalue weighted by atomic mass is 32.1. The van der Waals surface area contributed by atoms with Crippen LogP contribution in [0.4, 0.5) is 9.39 Å². The molecule has 0 aliphatic rings. The van der Waals surface area contributed by atoms with E-state index in [1.54, 1.807) is 13.2 Å². The SMILES string of the molecule is COc1cccc(C(CNC(=O)c2sc(NC(=O)c3cccc(F)c3)cc2C)N(C)C)c1. The molecule has 168 valence electrons. The number of amides is 2. The highest BCUT2D eigenvalue weighted by Crippen LogP contribution is 2.28. The van der Waals surface area contributed by atoms with Crippen LogP contribution in [0.5, 0.6) is 5.75 Å². The number of hydrogen-bond donors (Lipinski definition) is 2. The number of benzene rings is 2. The summed E-state index contributed by atoms with van der Waals surface area (Å²) in [6.45, 7) is 2.22. The minimum atomic E-state index is -0.480. The second kappa shape index (κ2) is 10.4. The van der Waals surface area contributed by atoms with Gasteiger partial charge in [-0.05, 0) is 68.5 Å². The fraction of sp³-hybridized carbons (Fsp3) is 0.250. The molecular formula is C24H26FN3O3S. The van der Waals surface area contributed by atoms with Gasteiger partial charge in [0.15, 0.2) is 0 Å². The van der Waals surface area contributed by atoms with E-state index in [1.807, 2.05) is 50.2 Å². The number of thiophene rings is 1. The van der Waals surface area contributed by atoms with Crippen molar-refractivity contribution in [3.05, 3.63) is 82.0 Å². The molecule has 0 spiro atoms. The third-order valence-electron chi connectivity index (χ3n) is 5.01. The Morgan fingerprint density at radius 1 is 1.09 bits per heavy atom. The molecular weight excluding hydrogens is 429 g/mol. The standard InChI is InChI=1S/C24H26FN3O3S/c1-15-11-21(27-23(29)17-8-5-9-18(25)12-17)32-22(15)24(30)26-14-20(28(2)3)16-7-6-10-19(13-16)31-4/h5-13,20H,14H2,1-4H3,(H,26,30)(H,27,29). The maximum Gasteiger partial charge on any atom is 0.261 e. The van der Waals surface area contributed by atoms with Gasteiger partial charge >= 0.3 is 0 Å².